The highest BCUT2D eigenvalue weighted by molar-refractivity contribution is 5.95. The van der Waals surface area contributed by atoms with Gasteiger partial charge in [0.15, 0.2) is 0 Å². The number of carbonyl (C=O) groups is 1. The van der Waals surface area contributed by atoms with E-state index in [4.69, 9.17) is 10.8 Å². The Morgan fingerprint density at radius 2 is 2.25 bits per heavy atom. The van der Waals surface area contributed by atoms with E-state index in [1.807, 2.05) is 0 Å². The highest BCUT2D eigenvalue weighted by Crippen LogP contribution is 1.75. The molecule has 0 bridgehead atoms. The van der Waals surface area contributed by atoms with Gasteiger partial charge in [0, 0.05) is 0 Å². The van der Waals surface area contributed by atoms with Crippen molar-refractivity contribution in [3.05, 3.63) is 0 Å². The highest BCUT2D eigenvalue weighted by Gasteiger charge is 1.97. The lowest BCUT2D eigenvalue weighted by Gasteiger charge is -1.88. The minimum Gasteiger partial charge on any atom is -0.481 e. The summed E-state index contributed by atoms with van der Waals surface area (Å²) in [5, 5.41) is 10.9. The van der Waals surface area contributed by atoms with Crippen molar-refractivity contribution in [1.29, 1.82) is 0 Å². The van der Waals surface area contributed by atoms with Gasteiger partial charge in [0.2, 0.25) is 0 Å². The SMILES string of the molecule is NN=C(N)CC(=O)O. The summed E-state index contributed by atoms with van der Waals surface area (Å²) in [5.74, 6) is 3.52. The maximum atomic E-state index is 9.75. The van der Waals surface area contributed by atoms with Crippen LogP contribution in [-0.2, 0) is 4.79 Å². The first-order chi connectivity index (χ1) is 3.66. The molecule has 0 heterocycles. The number of amidine groups is 1. The molecule has 0 spiro atoms. The fraction of sp³-hybridized carbons (Fsp3) is 0.333. The first-order valence-corrected chi connectivity index (χ1v) is 1.91. The lowest BCUT2D eigenvalue weighted by atomic mass is 10.4. The van der Waals surface area contributed by atoms with E-state index in [0.717, 1.165) is 0 Å². The number of hydrazone groups is 1. The third-order valence-corrected chi connectivity index (χ3v) is 0.498. The fourth-order valence-corrected chi connectivity index (χ4v) is 0.201. The summed E-state index contributed by atoms with van der Waals surface area (Å²) in [6, 6.07) is 0. The maximum absolute atomic E-state index is 9.75. The molecule has 0 aromatic rings. The molecule has 5 heteroatoms. The Morgan fingerprint density at radius 3 is 2.38 bits per heavy atom. The van der Waals surface area contributed by atoms with Crippen molar-refractivity contribution in [2.45, 2.75) is 6.42 Å². The van der Waals surface area contributed by atoms with Crippen LogP contribution in [0, 0.1) is 0 Å². The quantitative estimate of drug-likeness (QED) is 0.181. The Morgan fingerprint density at radius 1 is 1.75 bits per heavy atom. The normalized spacial score (nSPS) is 11.2. The van der Waals surface area contributed by atoms with Gasteiger partial charge in [-0.3, -0.25) is 4.79 Å². The molecule has 8 heavy (non-hydrogen) atoms. The third kappa shape index (κ3) is 2.95. The predicted octanol–water partition coefficient (Wildman–Crippen LogP) is -1.31. The van der Waals surface area contributed by atoms with Crippen molar-refractivity contribution in [3.8, 4) is 0 Å². The largest absolute Gasteiger partial charge is 0.481 e. The average Bonchev–Trinajstić information content (AvgIpc) is 1.65. The Balaban J connectivity index is 3.56. The second-order valence-electron chi connectivity index (χ2n) is 1.19. The van der Waals surface area contributed by atoms with E-state index in [2.05, 4.69) is 10.9 Å². The van der Waals surface area contributed by atoms with Crippen LogP contribution in [0.3, 0.4) is 0 Å². The van der Waals surface area contributed by atoms with Crippen LogP contribution in [0.2, 0.25) is 0 Å². The number of nitrogens with zero attached hydrogens (tertiary/aromatic N) is 1. The van der Waals surface area contributed by atoms with E-state index >= 15 is 0 Å². The summed E-state index contributed by atoms with van der Waals surface area (Å²) in [7, 11) is 0. The molecular weight excluding hydrogens is 110 g/mol. The van der Waals surface area contributed by atoms with Gasteiger partial charge in [-0.2, -0.15) is 5.10 Å². The van der Waals surface area contributed by atoms with Gasteiger partial charge in [0.05, 0.1) is 0 Å². The molecule has 0 rings (SSSR count). The van der Waals surface area contributed by atoms with Crippen LogP contribution >= 0.6 is 0 Å². The van der Waals surface area contributed by atoms with E-state index in [9.17, 15) is 4.79 Å². The van der Waals surface area contributed by atoms with Crippen LogP contribution in [0.5, 0.6) is 0 Å². The number of aliphatic carboxylic acids is 1. The molecule has 0 aromatic carbocycles. The number of carboxylic acids is 1. The van der Waals surface area contributed by atoms with Gasteiger partial charge in [-0.15, -0.1) is 0 Å². The zero-order chi connectivity index (χ0) is 6.57. The van der Waals surface area contributed by atoms with Gasteiger partial charge in [0.25, 0.3) is 0 Å². The molecular formula is C3H7N3O2. The Labute approximate surface area is 46.0 Å². The highest BCUT2D eigenvalue weighted by atomic mass is 16.4. The number of carboxylic acid groups (broad SMARTS) is 1. The van der Waals surface area contributed by atoms with Crippen LogP contribution in [-0.4, -0.2) is 16.9 Å². The molecule has 0 atom stereocenters. The molecule has 0 saturated carbocycles. The molecule has 0 amide bonds. The third-order valence-electron chi connectivity index (χ3n) is 0.498. The van der Waals surface area contributed by atoms with Crippen LogP contribution in [0.4, 0.5) is 0 Å². The summed E-state index contributed by atoms with van der Waals surface area (Å²) in [6.45, 7) is 0. The minimum absolute atomic E-state index is 0.0718. The number of hydrogen-bond donors (Lipinski definition) is 3. The van der Waals surface area contributed by atoms with E-state index < -0.39 is 5.97 Å². The molecule has 0 saturated heterocycles. The van der Waals surface area contributed by atoms with Crippen LogP contribution in [0.25, 0.3) is 0 Å². The maximum Gasteiger partial charge on any atom is 0.311 e. The molecule has 0 aliphatic rings. The molecule has 5 nitrogen and oxygen atoms in total. The summed E-state index contributed by atoms with van der Waals surface area (Å²) < 4.78 is 0. The van der Waals surface area contributed by atoms with Crippen molar-refractivity contribution >= 4 is 11.8 Å². The van der Waals surface area contributed by atoms with E-state index in [1.165, 1.54) is 0 Å². The van der Waals surface area contributed by atoms with Crippen molar-refractivity contribution < 1.29 is 9.90 Å². The lowest BCUT2D eigenvalue weighted by Crippen LogP contribution is -2.18. The fourth-order valence-electron chi connectivity index (χ4n) is 0.201. The second-order valence-corrected chi connectivity index (χ2v) is 1.19. The van der Waals surface area contributed by atoms with Crippen molar-refractivity contribution in [3.63, 3.8) is 0 Å². The molecule has 0 aliphatic heterocycles. The molecule has 5 N–H and O–H groups in total. The van der Waals surface area contributed by atoms with Gasteiger partial charge in [-0.25, -0.2) is 0 Å². The van der Waals surface area contributed by atoms with Gasteiger partial charge in [-0.1, -0.05) is 0 Å². The van der Waals surface area contributed by atoms with E-state index in [1.54, 1.807) is 0 Å². The van der Waals surface area contributed by atoms with Gasteiger partial charge in [0.1, 0.15) is 12.3 Å². The number of rotatable bonds is 2. The minimum atomic E-state index is -1.03. The first-order valence-electron chi connectivity index (χ1n) is 1.91. The Hall–Kier alpha value is -1.26. The topological polar surface area (TPSA) is 102 Å². The zero-order valence-electron chi connectivity index (χ0n) is 4.16. The Kier molecular flexibility index (Phi) is 2.39. The summed E-state index contributed by atoms with van der Waals surface area (Å²) in [5.41, 5.74) is 4.92. The van der Waals surface area contributed by atoms with Crippen LogP contribution in [0.1, 0.15) is 6.42 Å². The number of hydrogen-bond acceptors (Lipinski definition) is 3. The van der Waals surface area contributed by atoms with E-state index in [0.29, 0.717) is 0 Å². The van der Waals surface area contributed by atoms with Crippen molar-refractivity contribution in [1.82, 2.24) is 0 Å². The van der Waals surface area contributed by atoms with E-state index in [-0.39, 0.29) is 12.3 Å². The van der Waals surface area contributed by atoms with Crippen molar-refractivity contribution in [2.75, 3.05) is 0 Å². The van der Waals surface area contributed by atoms with Gasteiger partial charge in [-0.05, 0) is 0 Å². The Bertz CT molecular complexity index is 120. The number of nitrogens with two attached hydrogens (primary N) is 2. The first kappa shape index (κ1) is 6.74. The summed E-state index contributed by atoms with van der Waals surface area (Å²) in [6.07, 6.45) is -0.295. The van der Waals surface area contributed by atoms with Gasteiger partial charge >= 0.3 is 5.97 Å². The summed E-state index contributed by atoms with van der Waals surface area (Å²) >= 11 is 0. The standard InChI is InChI=1S/C3H7N3O2/c4-2(6-5)1-3(7)8/h1,5H2,(H2,4,6)(H,7,8). The predicted molar refractivity (Wildman–Crippen MR) is 28.1 cm³/mol. The molecule has 46 valence electrons. The molecule has 0 radical (unpaired) electrons. The molecule has 0 aromatic heterocycles. The molecule has 0 fully saturated rings. The zero-order valence-corrected chi connectivity index (χ0v) is 4.16. The molecule has 0 unspecified atom stereocenters. The summed E-state index contributed by atoms with van der Waals surface area (Å²) in [4.78, 5) is 9.75. The molecule has 0 aliphatic carbocycles. The average molecular weight is 117 g/mol. The second kappa shape index (κ2) is 2.84. The monoisotopic (exact) mass is 117 g/mol. The van der Waals surface area contributed by atoms with Crippen LogP contribution < -0.4 is 11.6 Å². The van der Waals surface area contributed by atoms with Gasteiger partial charge < -0.3 is 16.7 Å². The smallest absolute Gasteiger partial charge is 0.311 e. The lowest BCUT2D eigenvalue weighted by molar-refractivity contribution is -0.135. The van der Waals surface area contributed by atoms with Crippen LogP contribution in [0.15, 0.2) is 5.10 Å². The van der Waals surface area contributed by atoms with Crippen molar-refractivity contribution in [2.24, 2.45) is 16.7 Å².